The highest BCUT2D eigenvalue weighted by Crippen LogP contribution is 2.24. The minimum Gasteiger partial charge on any atom is -0.459 e. The smallest absolute Gasteiger partial charge is 0.326 e. The molecule has 0 unspecified atom stereocenters. The molecule has 0 saturated heterocycles. The number of aryl methyl sites for hydroxylation is 1. The number of aromatic nitrogens is 3. The van der Waals surface area contributed by atoms with E-state index in [1.54, 1.807) is 17.0 Å². The van der Waals surface area contributed by atoms with Crippen molar-refractivity contribution >= 4 is 17.3 Å². The second-order valence-corrected chi connectivity index (χ2v) is 7.36. The molecule has 0 spiro atoms. The van der Waals surface area contributed by atoms with E-state index in [0.29, 0.717) is 0 Å². The number of hydrogen-bond donors (Lipinski definition) is 0. The Bertz CT molecular complexity index is 1180. The Morgan fingerprint density at radius 2 is 1.76 bits per heavy atom. The number of benzene rings is 2. The Morgan fingerprint density at radius 1 is 1.07 bits per heavy atom. The molecule has 2 aromatic carbocycles. The minimum atomic E-state index is -0.458. The standard InChI is InChI=1S/C22H19N3O3S/c1-16-15-29-22(27)24(16)13-20(26)28-14-18-12-25(19-10-6-3-7-11-19)23-21(18)17-8-4-2-5-9-17/h2-12,15H,13-14H2,1H3. The lowest BCUT2D eigenvalue weighted by molar-refractivity contribution is -0.145. The van der Waals surface area contributed by atoms with E-state index in [0.717, 1.165) is 39.5 Å². The third-order valence-electron chi connectivity index (χ3n) is 4.51. The van der Waals surface area contributed by atoms with Crippen LogP contribution >= 0.6 is 11.3 Å². The molecule has 4 aromatic rings. The Labute approximate surface area is 171 Å². The van der Waals surface area contributed by atoms with E-state index in [1.807, 2.05) is 66.9 Å². The fraction of sp³-hybridized carbons (Fsp3) is 0.136. The summed E-state index contributed by atoms with van der Waals surface area (Å²) in [5.41, 5.74) is 4.16. The lowest BCUT2D eigenvalue weighted by Gasteiger charge is -2.06. The molecule has 2 aromatic heterocycles. The normalized spacial score (nSPS) is 10.8. The summed E-state index contributed by atoms with van der Waals surface area (Å²) in [4.78, 5) is 24.0. The Hall–Kier alpha value is -3.45. The maximum absolute atomic E-state index is 12.3. The maximum Gasteiger partial charge on any atom is 0.326 e. The molecule has 2 heterocycles. The van der Waals surface area contributed by atoms with E-state index in [4.69, 9.17) is 9.84 Å². The molecule has 0 atom stereocenters. The number of carbonyl (C=O) groups is 1. The van der Waals surface area contributed by atoms with Crippen LogP contribution in [-0.2, 0) is 22.7 Å². The van der Waals surface area contributed by atoms with Gasteiger partial charge in [-0.05, 0) is 19.1 Å². The molecule has 0 aliphatic carbocycles. The largest absolute Gasteiger partial charge is 0.459 e. The van der Waals surface area contributed by atoms with Crippen LogP contribution in [0, 0.1) is 6.92 Å². The first-order chi connectivity index (χ1) is 14.1. The number of ether oxygens (including phenoxy) is 1. The van der Waals surface area contributed by atoms with Crippen LogP contribution in [0.4, 0.5) is 0 Å². The second-order valence-electron chi connectivity index (χ2n) is 6.54. The van der Waals surface area contributed by atoms with Crippen molar-refractivity contribution in [3.8, 4) is 16.9 Å². The molecule has 6 nitrogen and oxygen atoms in total. The van der Waals surface area contributed by atoms with Crippen LogP contribution in [0.3, 0.4) is 0 Å². The third kappa shape index (κ3) is 4.20. The molecule has 0 aliphatic rings. The number of nitrogens with zero attached hydrogens (tertiary/aromatic N) is 3. The first-order valence-electron chi connectivity index (χ1n) is 9.12. The van der Waals surface area contributed by atoms with Crippen LogP contribution in [0.2, 0.25) is 0 Å². The molecular formula is C22H19N3O3S. The zero-order valence-electron chi connectivity index (χ0n) is 15.8. The number of esters is 1. The van der Waals surface area contributed by atoms with Gasteiger partial charge in [0.2, 0.25) is 0 Å². The highest BCUT2D eigenvalue weighted by Gasteiger charge is 2.15. The van der Waals surface area contributed by atoms with Gasteiger partial charge in [-0.25, -0.2) is 4.68 Å². The molecular weight excluding hydrogens is 386 g/mol. The average Bonchev–Trinajstić information content (AvgIpc) is 3.32. The molecule has 0 fully saturated rings. The molecule has 0 amide bonds. The summed E-state index contributed by atoms with van der Waals surface area (Å²) in [6.45, 7) is 1.78. The minimum absolute atomic E-state index is 0.0772. The highest BCUT2D eigenvalue weighted by atomic mass is 32.1. The number of hydrogen-bond acceptors (Lipinski definition) is 5. The van der Waals surface area contributed by atoms with Crippen molar-refractivity contribution in [1.29, 1.82) is 0 Å². The zero-order valence-corrected chi connectivity index (χ0v) is 16.6. The van der Waals surface area contributed by atoms with Crippen molar-refractivity contribution in [3.05, 3.63) is 93.2 Å². The van der Waals surface area contributed by atoms with Gasteiger partial charge in [0.15, 0.2) is 0 Å². The van der Waals surface area contributed by atoms with Crippen LogP contribution in [0.25, 0.3) is 16.9 Å². The molecule has 0 N–H and O–H groups in total. The van der Waals surface area contributed by atoms with Gasteiger partial charge < -0.3 is 4.74 Å². The molecule has 29 heavy (non-hydrogen) atoms. The Morgan fingerprint density at radius 3 is 2.41 bits per heavy atom. The fourth-order valence-electron chi connectivity index (χ4n) is 3.00. The van der Waals surface area contributed by atoms with Gasteiger partial charge in [-0.1, -0.05) is 59.9 Å². The van der Waals surface area contributed by atoms with Crippen molar-refractivity contribution in [3.63, 3.8) is 0 Å². The van der Waals surface area contributed by atoms with Gasteiger partial charge in [0.25, 0.3) is 0 Å². The summed E-state index contributed by atoms with van der Waals surface area (Å²) < 4.78 is 8.67. The summed E-state index contributed by atoms with van der Waals surface area (Å²) in [7, 11) is 0. The van der Waals surface area contributed by atoms with E-state index in [-0.39, 0.29) is 18.0 Å². The van der Waals surface area contributed by atoms with Crippen LogP contribution in [-0.4, -0.2) is 20.3 Å². The quantitative estimate of drug-likeness (QED) is 0.458. The topological polar surface area (TPSA) is 66.1 Å². The molecule has 0 radical (unpaired) electrons. The second kappa shape index (κ2) is 8.28. The fourth-order valence-corrected chi connectivity index (χ4v) is 3.73. The van der Waals surface area contributed by atoms with Gasteiger partial charge in [0.05, 0.1) is 11.4 Å². The van der Waals surface area contributed by atoms with Crippen LogP contribution in [0.15, 0.2) is 77.0 Å². The van der Waals surface area contributed by atoms with Crippen molar-refractivity contribution < 1.29 is 9.53 Å². The third-order valence-corrected chi connectivity index (χ3v) is 5.39. The average molecular weight is 405 g/mol. The van der Waals surface area contributed by atoms with Crippen LogP contribution < -0.4 is 4.87 Å². The summed E-state index contributed by atoms with van der Waals surface area (Å²) in [6.07, 6.45) is 1.87. The maximum atomic E-state index is 12.3. The first kappa shape index (κ1) is 18.9. The summed E-state index contributed by atoms with van der Waals surface area (Å²) in [5.74, 6) is -0.458. The molecule has 0 saturated carbocycles. The van der Waals surface area contributed by atoms with Crippen LogP contribution in [0.1, 0.15) is 11.3 Å². The number of rotatable bonds is 6. The van der Waals surface area contributed by atoms with Gasteiger partial charge in [-0.3, -0.25) is 14.2 Å². The van der Waals surface area contributed by atoms with Gasteiger partial charge >= 0.3 is 10.8 Å². The van der Waals surface area contributed by atoms with Crippen molar-refractivity contribution in [2.45, 2.75) is 20.1 Å². The van der Waals surface area contributed by atoms with Crippen LogP contribution in [0.5, 0.6) is 0 Å². The van der Waals surface area contributed by atoms with E-state index in [2.05, 4.69) is 0 Å². The molecule has 0 aliphatic heterocycles. The van der Waals surface area contributed by atoms with E-state index in [1.165, 1.54) is 4.57 Å². The monoisotopic (exact) mass is 405 g/mol. The molecule has 146 valence electrons. The van der Waals surface area contributed by atoms with E-state index in [9.17, 15) is 9.59 Å². The Kier molecular flexibility index (Phi) is 5.39. The number of carbonyl (C=O) groups excluding carboxylic acids is 1. The summed E-state index contributed by atoms with van der Waals surface area (Å²) in [5, 5.41) is 6.43. The molecule has 0 bridgehead atoms. The lowest BCUT2D eigenvalue weighted by atomic mass is 10.1. The van der Waals surface area contributed by atoms with Gasteiger partial charge in [0, 0.05) is 28.4 Å². The van der Waals surface area contributed by atoms with Gasteiger partial charge in [-0.2, -0.15) is 5.10 Å². The lowest BCUT2D eigenvalue weighted by Crippen LogP contribution is -2.22. The number of para-hydroxylation sites is 1. The summed E-state index contributed by atoms with van der Waals surface area (Å²) >= 11 is 1.07. The van der Waals surface area contributed by atoms with Gasteiger partial charge in [-0.15, -0.1) is 0 Å². The van der Waals surface area contributed by atoms with Gasteiger partial charge in [0.1, 0.15) is 13.2 Å². The highest BCUT2D eigenvalue weighted by molar-refractivity contribution is 7.07. The molecule has 4 rings (SSSR count). The SMILES string of the molecule is Cc1csc(=O)n1CC(=O)OCc1cn(-c2ccccc2)nc1-c1ccccc1. The first-order valence-corrected chi connectivity index (χ1v) is 10.00. The molecule has 7 heteroatoms. The van der Waals surface area contributed by atoms with E-state index >= 15 is 0 Å². The number of thiazole rings is 1. The Balaban J connectivity index is 1.58. The zero-order chi connectivity index (χ0) is 20.2. The summed E-state index contributed by atoms with van der Waals surface area (Å²) in [6, 6.07) is 19.5. The van der Waals surface area contributed by atoms with Crippen molar-refractivity contribution in [2.24, 2.45) is 0 Å². The van der Waals surface area contributed by atoms with Crippen molar-refractivity contribution in [1.82, 2.24) is 14.3 Å². The van der Waals surface area contributed by atoms with E-state index < -0.39 is 5.97 Å². The van der Waals surface area contributed by atoms with Crippen molar-refractivity contribution in [2.75, 3.05) is 0 Å². The predicted molar refractivity (Wildman–Crippen MR) is 112 cm³/mol. The predicted octanol–water partition coefficient (Wildman–Crippen LogP) is 3.81.